The number of azide groups is 1. The third-order valence-electron chi connectivity index (χ3n) is 1.32. The molecule has 0 spiro atoms. The van der Waals surface area contributed by atoms with Gasteiger partial charge in [0.1, 0.15) is 6.10 Å². The summed E-state index contributed by atoms with van der Waals surface area (Å²) >= 11 is 0. The molecule has 0 amide bonds. The zero-order valence-electron chi connectivity index (χ0n) is 5.08. The first kappa shape index (κ1) is 7.30. The predicted molar refractivity (Wildman–Crippen MR) is 30.9 cm³/mol. The van der Waals surface area contributed by atoms with Crippen LogP contribution >= 0.6 is 0 Å². The fourth-order valence-corrected chi connectivity index (χ4v) is 0.752. The number of hydrogen-bond donors (Lipinski definition) is 2. The van der Waals surface area contributed by atoms with Crippen molar-refractivity contribution in [3.8, 4) is 0 Å². The van der Waals surface area contributed by atoms with Gasteiger partial charge in [0.2, 0.25) is 0 Å². The highest BCUT2D eigenvalue weighted by Gasteiger charge is 2.33. The molecule has 2 N–H and O–H groups in total. The molecule has 0 aromatic heterocycles. The van der Waals surface area contributed by atoms with Crippen molar-refractivity contribution in [3.05, 3.63) is 10.4 Å². The maximum atomic E-state index is 8.95. The molecular weight excluding hydrogens is 138 g/mol. The van der Waals surface area contributed by atoms with Crippen molar-refractivity contribution in [1.82, 2.24) is 0 Å². The fourth-order valence-electron chi connectivity index (χ4n) is 0.752. The summed E-state index contributed by atoms with van der Waals surface area (Å²) in [6.45, 7) is 0.0758. The topological polar surface area (TPSA) is 98.5 Å². The molecule has 10 heavy (non-hydrogen) atoms. The molecule has 3 atom stereocenters. The largest absolute Gasteiger partial charge is 0.387 e. The van der Waals surface area contributed by atoms with Crippen LogP contribution in [0.4, 0.5) is 0 Å². The third kappa shape index (κ3) is 1.19. The summed E-state index contributed by atoms with van der Waals surface area (Å²) in [6, 6.07) is -0.653. The summed E-state index contributed by atoms with van der Waals surface area (Å²) in [7, 11) is 0. The van der Waals surface area contributed by atoms with Crippen molar-refractivity contribution in [1.29, 1.82) is 0 Å². The molecule has 1 fully saturated rings. The molecule has 0 bridgehead atoms. The number of hydrogen-bond acceptors (Lipinski definition) is 4. The molecule has 0 aromatic rings. The summed E-state index contributed by atoms with van der Waals surface area (Å²) in [4.78, 5) is 2.48. The Labute approximate surface area is 56.7 Å². The average Bonchev–Trinajstić information content (AvgIpc) is 2.20. The van der Waals surface area contributed by atoms with Crippen LogP contribution in [0.3, 0.4) is 0 Å². The quantitative estimate of drug-likeness (QED) is 0.292. The Kier molecular flexibility index (Phi) is 2.08. The lowest BCUT2D eigenvalue weighted by Crippen LogP contribution is -2.27. The molecule has 56 valence electrons. The summed E-state index contributed by atoms with van der Waals surface area (Å²) in [6.07, 6.45) is -2.30. The van der Waals surface area contributed by atoms with Gasteiger partial charge in [0.25, 0.3) is 0 Å². The lowest BCUT2D eigenvalue weighted by Gasteiger charge is -2.06. The van der Waals surface area contributed by atoms with E-state index in [4.69, 9.17) is 15.7 Å². The van der Waals surface area contributed by atoms with Crippen LogP contribution < -0.4 is 0 Å². The van der Waals surface area contributed by atoms with Gasteiger partial charge in [-0.3, -0.25) is 0 Å². The van der Waals surface area contributed by atoms with E-state index >= 15 is 0 Å². The van der Waals surface area contributed by atoms with E-state index in [1.165, 1.54) is 0 Å². The van der Waals surface area contributed by atoms with Crippen LogP contribution in [0.15, 0.2) is 5.11 Å². The molecule has 1 saturated heterocycles. The summed E-state index contributed by atoms with van der Waals surface area (Å²) in [5, 5.41) is 20.9. The molecule has 0 aromatic carbocycles. The van der Waals surface area contributed by atoms with Gasteiger partial charge in [-0.05, 0) is 5.53 Å². The number of rotatable bonds is 1. The van der Waals surface area contributed by atoms with Crippen molar-refractivity contribution in [2.24, 2.45) is 5.11 Å². The first-order chi connectivity index (χ1) is 4.75. The first-order valence-corrected chi connectivity index (χ1v) is 2.77. The van der Waals surface area contributed by atoms with Crippen LogP contribution in [0.25, 0.3) is 10.4 Å². The highest BCUT2D eigenvalue weighted by Crippen LogP contribution is 2.14. The summed E-state index contributed by atoms with van der Waals surface area (Å²) in [5.41, 5.74) is 7.94. The first-order valence-electron chi connectivity index (χ1n) is 2.77. The van der Waals surface area contributed by atoms with Crippen molar-refractivity contribution in [3.63, 3.8) is 0 Å². The Morgan fingerprint density at radius 2 is 2.30 bits per heavy atom. The maximum Gasteiger partial charge on any atom is 0.181 e. The highest BCUT2D eigenvalue weighted by molar-refractivity contribution is 4.83. The molecule has 1 aliphatic heterocycles. The molecule has 1 unspecified atom stereocenters. The Balaban J connectivity index is 2.56. The van der Waals surface area contributed by atoms with Crippen LogP contribution in [0.1, 0.15) is 0 Å². The minimum Gasteiger partial charge on any atom is -0.387 e. The van der Waals surface area contributed by atoms with E-state index in [1.54, 1.807) is 0 Å². The van der Waals surface area contributed by atoms with E-state index in [9.17, 15) is 0 Å². The smallest absolute Gasteiger partial charge is 0.181 e. The fraction of sp³-hybridized carbons (Fsp3) is 1.00. The zero-order valence-corrected chi connectivity index (χ0v) is 5.08. The number of nitrogens with zero attached hydrogens (tertiary/aromatic N) is 3. The van der Waals surface area contributed by atoms with Gasteiger partial charge >= 0.3 is 0 Å². The molecule has 6 nitrogen and oxygen atoms in total. The Hall–Kier alpha value is -0.810. The van der Waals surface area contributed by atoms with Crippen LogP contribution in [0, 0.1) is 0 Å². The monoisotopic (exact) mass is 145 g/mol. The maximum absolute atomic E-state index is 8.95. The normalized spacial score (nSPS) is 39.2. The molecule has 0 saturated carbocycles. The van der Waals surface area contributed by atoms with Gasteiger partial charge in [-0.25, -0.2) is 0 Å². The summed E-state index contributed by atoms with van der Waals surface area (Å²) in [5.74, 6) is 0. The Morgan fingerprint density at radius 1 is 1.60 bits per heavy atom. The molecule has 1 rings (SSSR count). The van der Waals surface area contributed by atoms with Gasteiger partial charge in [0, 0.05) is 4.91 Å². The number of ether oxygens (including phenoxy) is 1. The molecule has 1 heterocycles. The van der Waals surface area contributed by atoms with Gasteiger partial charge in [-0.2, -0.15) is 0 Å². The van der Waals surface area contributed by atoms with Crippen LogP contribution in [-0.4, -0.2) is 35.3 Å². The van der Waals surface area contributed by atoms with E-state index in [2.05, 4.69) is 14.8 Å². The van der Waals surface area contributed by atoms with Gasteiger partial charge < -0.3 is 14.9 Å². The van der Waals surface area contributed by atoms with Gasteiger partial charge in [0.05, 0.1) is 12.6 Å². The van der Waals surface area contributed by atoms with Gasteiger partial charge in [-0.15, -0.1) is 0 Å². The van der Waals surface area contributed by atoms with Crippen molar-refractivity contribution in [2.75, 3.05) is 6.61 Å². The zero-order chi connectivity index (χ0) is 7.56. The van der Waals surface area contributed by atoms with Crippen molar-refractivity contribution < 1.29 is 14.9 Å². The van der Waals surface area contributed by atoms with Crippen molar-refractivity contribution in [2.45, 2.75) is 18.4 Å². The number of aliphatic hydroxyl groups is 2. The minimum absolute atomic E-state index is 0.0758. The van der Waals surface area contributed by atoms with Gasteiger partial charge in [0.15, 0.2) is 6.29 Å². The van der Waals surface area contributed by atoms with Crippen LogP contribution in [0.2, 0.25) is 0 Å². The third-order valence-corrected chi connectivity index (χ3v) is 1.32. The van der Waals surface area contributed by atoms with E-state index in [0.717, 1.165) is 0 Å². The van der Waals surface area contributed by atoms with E-state index in [0.29, 0.717) is 0 Å². The summed E-state index contributed by atoms with van der Waals surface area (Å²) < 4.78 is 4.57. The highest BCUT2D eigenvalue weighted by atomic mass is 16.6. The SMILES string of the molecule is [N-]=[N+]=N[C@@H]1COC(O)[C@@H]1O. The standard InChI is InChI=1S/C4H7N3O3/c5-7-6-2-1-10-4(9)3(2)8/h2-4,8-9H,1H2/t2-,3-,4?/m1/s1. The lowest BCUT2D eigenvalue weighted by atomic mass is 10.2. The second kappa shape index (κ2) is 2.85. The van der Waals surface area contributed by atoms with E-state index in [-0.39, 0.29) is 6.61 Å². The Morgan fingerprint density at radius 3 is 2.70 bits per heavy atom. The average molecular weight is 145 g/mol. The van der Waals surface area contributed by atoms with Crippen molar-refractivity contribution >= 4 is 0 Å². The molecule has 1 aliphatic rings. The molecule has 0 aliphatic carbocycles. The van der Waals surface area contributed by atoms with Crippen LogP contribution in [0.5, 0.6) is 0 Å². The van der Waals surface area contributed by atoms with E-state index in [1.807, 2.05) is 0 Å². The molecular formula is C4H7N3O3. The minimum atomic E-state index is -1.21. The Bertz CT molecular complexity index is 167. The predicted octanol–water partition coefficient (Wildman–Crippen LogP) is -0.625. The lowest BCUT2D eigenvalue weighted by molar-refractivity contribution is -0.108. The van der Waals surface area contributed by atoms with Crippen LogP contribution in [-0.2, 0) is 4.74 Å². The van der Waals surface area contributed by atoms with E-state index < -0.39 is 18.4 Å². The second-order valence-electron chi connectivity index (χ2n) is 1.99. The molecule has 0 radical (unpaired) electrons. The second-order valence-corrected chi connectivity index (χ2v) is 1.99. The van der Waals surface area contributed by atoms with Gasteiger partial charge in [-0.1, -0.05) is 5.11 Å². The number of aliphatic hydroxyl groups excluding tert-OH is 2. The molecule has 6 heteroatoms.